The molecule has 104 valence electrons. The van der Waals surface area contributed by atoms with E-state index >= 15 is 0 Å². The van der Waals surface area contributed by atoms with Crippen molar-refractivity contribution in [3.8, 4) is 0 Å². The summed E-state index contributed by atoms with van der Waals surface area (Å²) in [5, 5.41) is 9.00. The van der Waals surface area contributed by atoms with Crippen molar-refractivity contribution in [2.24, 2.45) is 11.8 Å². The van der Waals surface area contributed by atoms with E-state index in [0.717, 1.165) is 31.8 Å². The van der Waals surface area contributed by atoms with Crippen molar-refractivity contribution in [3.63, 3.8) is 0 Å². The van der Waals surface area contributed by atoms with Crippen LogP contribution >= 0.6 is 0 Å². The number of hydrogen-bond acceptors (Lipinski definition) is 2. The Kier molecular flexibility index (Phi) is 5.48. The molecule has 3 nitrogen and oxygen atoms in total. The summed E-state index contributed by atoms with van der Waals surface area (Å²) in [6, 6.07) is 0. The number of hydrogen-bond donors (Lipinski definition) is 1. The van der Waals surface area contributed by atoms with Gasteiger partial charge < -0.3 is 10.0 Å². The van der Waals surface area contributed by atoms with Crippen LogP contribution in [0.25, 0.3) is 0 Å². The van der Waals surface area contributed by atoms with Crippen LogP contribution in [0.2, 0.25) is 0 Å². The van der Waals surface area contributed by atoms with Gasteiger partial charge in [-0.15, -0.1) is 0 Å². The number of nitrogens with zero attached hydrogens (tertiary/aromatic N) is 1. The van der Waals surface area contributed by atoms with E-state index in [4.69, 9.17) is 5.11 Å². The van der Waals surface area contributed by atoms with Crippen LogP contribution < -0.4 is 0 Å². The topological polar surface area (TPSA) is 40.5 Å². The summed E-state index contributed by atoms with van der Waals surface area (Å²) >= 11 is 0. The summed E-state index contributed by atoms with van der Waals surface area (Å²) in [5.74, 6) is 0.186. The molecule has 0 radical (unpaired) electrons. The predicted octanol–water partition coefficient (Wildman–Crippen LogP) is 3.14. The summed E-state index contributed by atoms with van der Waals surface area (Å²) in [5.41, 5.74) is 0. The minimum atomic E-state index is -0.597. The summed E-state index contributed by atoms with van der Waals surface area (Å²) in [4.78, 5) is 13.4. The largest absolute Gasteiger partial charge is 0.481 e. The molecule has 0 spiro atoms. The zero-order valence-electron chi connectivity index (χ0n) is 11.4. The molecule has 0 bridgehead atoms. The van der Waals surface area contributed by atoms with Gasteiger partial charge in [-0.2, -0.15) is 0 Å². The van der Waals surface area contributed by atoms with Gasteiger partial charge in [0.05, 0.1) is 5.92 Å². The Hall–Kier alpha value is -0.570. The number of piperidine rings is 1. The van der Waals surface area contributed by atoms with Gasteiger partial charge in [0.25, 0.3) is 0 Å². The highest BCUT2D eigenvalue weighted by Gasteiger charge is 2.25. The number of carboxylic acids is 1. The van der Waals surface area contributed by atoms with E-state index in [2.05, 4.69) is 4.90 Å². The molecule has 2 aliphatic rings. The van der Waals surface area contributed by atoms with Gasteiger partial charge in [-0.1, -0.05) is 32.1 Å². The molecule has 0 atom stereocenters. The first-order chi connectivity index (χ1) is 8.75. The van der Waals surface area contributed by atoms with Crippen LogP contribution in [0.1, 0.15) is 57.8 Å². The Bertz CT molecular complexity index is 251. The molecule has 1 aliphatic carbocycles. The fourth-order valence-electron chi connectivity index (χ4n) is 3.45. The quantitative estimate of drug-likeness (QED) is 0.840. The highest BCUT2D eigenvalue weighted by atomic mass is 16.4. The second-order valence-corrected chi connectivity index (χ2v) is 6.12. The molecule has 1 N–H and O–H groups in total. The van der Waals surface area contributed by atoms with Crippen LogP contribution in [-0.2, 0) is 4.79 Å². The van der Waals surface area contributed by atoms with Crippen molar-refractivity contribution >= 4 is 5.97 Å². The maximum Gasteiger partial charge on any atom is 0.306 e. The van der Waals surface area contributed by atoms with Crippen LogP contribution in [0.15, 0.2) is 0 Å². The predicted molar refractivity (Wildman–Crippen MR) is 72.6 cm³/mol. The Balaban J connectivity index is 1.71. The van der Waals surface area contributed by atoms with E-state index in [1.165, 1.54) is 51.5 Å². The van der Waals surface area contributed by atoms with Gasteiger partial charge in [0.15, 0.2) is 0 Å². The summed E-state index contributed by atoms with van der Waals surface area (Å²) in [6.45, 7) is 3.20. The lowest BCUT2D eigenvalue weighted by Crippen LogP contribution is -2.39. The van der Waals surface area contributed by atoms with E-state index in [1.54, 1.807) is 0 Å². The van der Waals surface area contributed by atoms with Crippen molar-refractivity contribution in [1.82, 2.24) is 4.90 Å². The molecule has 0 aromatic heterocycles. The van der Waals surface area contributed by atoms with Crippen molar-refractivity contribution in [2.75, 3.05) is 19.6 Å². The molecule has 0 aromatic rings. The molecule has 1 saturated carbocycles. The summed E-state index contributed by atoms with van der Waals surface area (Å²) < 4.78 is 0. The first-order valence-electron chi connectivity index (χ1n) is 7.71. The van der Waals surface area contributed by atoms with E-state index in [9.17, 15) is 4.79 Å². The number of carboxylic acid groups (broad SMARTS) is 1. The number of aliphatic carboxylic acids is 1. The second kappa shape index (κ2) is 7.13. The molecule has 3 heteroatoms. The van der Waals surface area contributed by atoms with Gasteiger partial charge >= 0.3 is 5.97 Å². The fraction of sp³-hybridized carbons (Fsp3) is 0.933. The Morgan fingerprint density at radius 2 is 1.50 bits per heavy atom. The molecule has 0 unspecified atom stereocenters. The van der Waals surface area contributed by atoms with E-state index in [-0.39, 0.29) is 5.92 Å². The summed E-state index contributed by atoms with van der Waals surface area (Å²) in [7, 11) is 0. The van der Waals surface area contributed by atoms with Crippen LogP contribution in [0, 0.1) is 11.8 Å². The van der Waals surface area contributed by atoms with Crippen molar-refractivity contribution in [1.29, 1.82) is 0 Å². The number of rotatable bonds is 3. The van der Waals surface area contributed by atoms with E-state index in [1.807, 2.05) is 0 Å². The first kappa shape index (κ1) is 13.9. The van der Waals surface area contributed by atoms with Crippen LogP contribution in [-0.4, -0.2) is 35.6 Å². The molecular weight excluding hydrogens is 226 g/mol. The smallest absolute Gasteiger partial charge is 0.306 e. The highest BCUT2D eigenvalue weighted by Crippen LogP contribution is 2.25. The Morgan fingerprint density at radius 1 is 0.944 bits per heavy atom. The SMILES string of the molecule is O=C(O)C1CCN(CC2CCCCCCC2)CC1. The minimum absolute atomic E-state index is 0.0846. The third kappa shape index (κ3) is 4.27. The van der Waals surface area contributed by atoms with E-state index < -0.39 is 5.97 Å². The van der Waals surface area contributed by atoms with Crippen LogP contribution in [0.5, 0.6) is 0 Å². The van der Waals surface area contributed by atoms with Crippen molar-refractivity contribution in [2.45, 2.75) is 57.8 Å². The van der Waals surface area contributed by atoms with E-state index in [0.29, 0.717) is 0 Å². The second-order valence-electron chi connectivity index (χ2n) is 6.12. The highest BCUT2D eigenvalue weighted by molar-refractivity contribution is 5.70. The monoisotopic (exact) mass is 253 g/mol. The molecule has 1 heterocycles. The van der Waals surface area contributed by atoms with Crippen LogP contribution in [0.3, 0.4) is 0 Å². The third-order valence-corrected chi connectivity index (χ3v) is 4.68. The molecule has 1 saturated heterocycles. The molecule has 2 rings (SSSR count). The lowest BCUT2D eigenvalue weighted by atomic mass is 9.89. The zero-order chi connectivity index (χ0) is 12.8. The average molecular weight is 253 g/mol. The normalized spacial score (nSPS) is 25.6. The van der Waals surface area contributed by atoms with Gasteiger partial charge in [-0.05, 0) is 44.7 Å². The van der Waals surface area contributed by atoms with Crippen LogP contribution in [0.4, 0.5) is 0 Å². The van der Waals surface area contributed by atoms with Gasteiger partial charge in [0.2, 0.25) is 0 Å². The molecule has 0 aromatic carbocycles. The zero-order valence-corrected chi connectivity index (χ0v) is 11.4. The molecule has 2 fully saturated rings. The lowest BCUT2D eigenvalue weighted by molar-refractivity contribution is -0.143. The molecule has 0 amide bonds. The average Bonchev–Trinajstić information content (AvgIpc) is 2.33. The third-order valence-electron chi connectivity index (χ3n) is 4.68. The number of carbonyl (C=O) groups is 1. The molecule has 1 aliphatic heterocycles. The maximum atomic E-state index is 10.9. The Morgan fingerprint density at radius 3 is 2.06 bits per heavy atom. The number of likely N-dealkylation sites (tertiary alicyclic amines) is 1. The fourth-order valence-corrected chi connectivity index (χ4v) is 3.45. The summed E-state index contributed by atoms with van der Waals surface area (Å²) in [6.07, 6.45) is 11.5. The minimum Gasteiger partial charge on any atom is -0.481 e. The molecular formula is C15H27NO2. The van der Waals surface area contributed by atoms with Gasteiger partial charge in [0.1, 0.15) is 0 Å². The van der Waals surface area contributed by atoms with Gasteiger partial charge in [-0.25, -0.2) is 0 Å². The van der Waals surface area contributed by atoms with Crippen molar-refractivity contribution < 1.29 is 9.90 Å². The standard InChI is InChI=1S/C15H27NO2/c17-15(18)14-8-10-16(11-9-14)12-13-6-4-2-1-3-5-7-13/h13-14H,1-12H2,(H,17,18). The first-order valence-corrected chi connectivity index (χ1v) is 7.71. The molecule has 18 heavy (non-hydrogen) atoms. The Labute approximate surface area is 111 Å². The van der Waals surface area contributed by atoms with Gasteiger partial charge in [0, 0.05) is 6.54 Å². The van der Waals surface area contributed by atoms with Gasteiger partial charge in [-0.3, -0.25) is 4.79 Å². The maximum absolute atomic E-state index is 10.9. The lowest BCUT2D eigenvalue weighted by Gasteiger charge is -2.33. The van der Waals surface area contributed by atoms with Crippen molar-refractivity contribution in [3.05, 3.63) is 0 Å².